The average molecular weight is 166 g/mol. The first-order chi connectivity index (χ1) is 5.84. The van der Waals surface area contributed by atoms with Gasteiger partial charge in [0.2, 0.25) is 0 Å². The van der Waals surface area contributed by atoms with Crippen LogP contribution in [0.3, 0.4) is 0 Å². The van der Waals surface area contributed by atoms with Crippen LogP contribution in [0.5, 0.6) is 0 Å². The first kappa shape index (κ1) is 8.52. The second-order valence-corrected chi connectivity index (χ2v) is 2.03. The molecule has 0 aromatic rings. The highest BCUT2D eigenvalue weighted by molar-refractivity contribution is 5.76. The predicted octanol–water partition coefficient (Wildman–Crippen LogP) is 1.51. The van der Waals surface area contributed by atoms with Gasteiger partial charge < -0.3 is 4.74 Å². The van der Waals surface area contributed by atoms with E-state index >= 15 is 0 Å². The zero-order valence-corrected chi connectivity index (χ0v) is 6.80. The van der Waals surface area contributed by atoms with Gasteiger partial charge in [0.05, 0.1) is 6.61 Å². The van der Waals surface area contributed by atoms with Gasteiger partial charge in [-0.15, -0.1) is 0 Å². The van der Waals surface area contributed by atoms with Crippen molar-refractivity contribution >= 4 is 12.3 Å². The summed E-state index contributed by atoms with van der Waals surface area (Å²) in [5, 5.41) is 4.94. The van der Waals surface area contributed by atoms with E-state index in [4.69, 9.17) is 4.74 Å². The van der Waals surface area contributed by atoms with Gasteiger partial charge in [-0.1, -0.05) is 6.08 Å². The van der Waals surface area contributed by atoms with E-state index < -0.39 is 6.09 Å². The lowest BCUT2D eigenvalue weighted by Crippen LogP contribution is -2.20. The van der Waals surface area contributed by atoms with E-state index in [0.29, 0.717) is 6.61 Å². The number of nitrogens with zero attached hydrogens (tertiary/aromatic N) is 2. The smallest absolute Gasteiger partial charge is 0.434 e. The second-order valence-electron chi connectivity index (χ2n) is 2.03. The number of hydrogen-bond acceptors (Lipinski definition) is 3. The number of amides is 1. The van der Waals surface area contributed by atoms with Crippen molar-refractivity contribution in [3.63, 3.8) is 0 Å². The van der Waals surface area contributed by atoms with E-state index in [2.05, 4.69) is 5.10 Å². The van der Waals surface area contributed by atoms with Crippen LogP contribution in [0.15, 0.2) is 29.5 Å². The minimum atomic E-state index is -0.464. The molecule has 0 bridgehead atoms. The Morgan fingerprint density at radius 2 is 2.33 bits per heavy atom. The lowest BCUT2D eigenvalue weighted by Gasteiger charge is -2.09. The Morgan fingerprint density at radius 3 is 3.08 bits per heavy atom. The van der Waals surface area contributed by atoms with Crippen LogP contribution in [-0.2, 0) is 4.74 Å². The van der Waals surface area contributed by atoms with Gasteiger partial charge in [0.25, 0.3) is 0 Å². The molecule has 0 radical (unpaired) electrons. The molecule has 1 amide bonds. The zero-order valence-electron chi connectivity index (χ0n) is 6.80. The van der Waals surface area contributed by atoms with Crippen LogP contribution in [0.2, 0.25) is 0 Å². The highest BCUT2D eigenvalue weighted by Gasteiger charge is 2.08. The van der Waals surface area contributed by atoms with E-state index in [-0.39, 0.29) is 0 Å². The lowest BCUT2D eigenvalue weighted by atomic mass is 10.5. The Morgan fingerprint density at radius 1 is 1.50 bits per heavy atom. The number of rotatable bonds is 1. The van der Waals surface area contributed by atoms with Gasteiger partial charge in [0.1, 0.15) is 0 Å². The SMILES string of the molecule is CCOC(=O)N1C=CC=CC=N1. The Kier molecular flexibility index (Phi) is 3.07. The van der Waals surface area contributed by atoms with E-state index in [0.717, 1.165) is 5.01 Å². The van der Waals surface area contributed by atoms with Gasteiger partial charge in [-0.05, 0) is 19.1 Å². The minimum absolute atomic E-state index is 0.353. The molecule has 0 unspecified atom stereocenters. The zero-order chi connectivity index (χ0) is 8.81. The molecule has 0 fully saturated rings. The molecule has 0 saturated heterocycles. The summed E-state index contributed by atoms with van der Waals surface area (Å²) in [5.74, 6) is 0. The average Bonchev–Trinajstić information content (AvgIpc) is 2.32. The van der Waals surface area contributed by atoms with Crippen LogP contribution in [-0.4, -0.2) is 23.9 Å². The molecule has 12 heavy (non-hydrogen) atoms. The van der Waals surface area contributed by atoms with Gasteiger partial charge >= 0.3 is 6.09 Å². The Hall–Kier alpha value is -1.58. The first-order valence-corrected chi connectivity index (χ1v) is 3.68. The third-order valence-electron chi connectivity index (χ3n) is 1.18. The van der Waals surface area contributed by atoms with Crippen LogP contribution < -0.4 is 0 Å². The van der Waals surface area contributed by atoms with E-state index in [1.165, 1.54) is 12.4 Å². The molecule has 1 aliphatic rings. The van der Waals surface area contributed by atoms with Crippen LogP contribution in [0.25, 0.3) is 0 Å². The van der Waals surface area contributed by atoms with Gasteiger partial charge in [-0.2, -0.15) is 10.1 Å². The fourth-order valence-electron chi connectivity index (χ4n) is 0.691. The van der Waals surface area contributed by atoms with Crippen LogP contribution in [0.4, 0.5) is 4.79 Å². The molecule has 0 saturated carbocycles. The van der Waals surface area contributed by atoms with Crippen molar-refractivity contribution in [2.75, 3.05) is 6.61 Å². The molecule has 1 heterocycles. The van der Waals surface area contributed by atoms with E-state index in [1.54, 1.807) is 25.2 Å². The Labute approximate surface area is 70.8 Å². The number of carbonyl (C=O) groups excluding carboxylic acids is 1. The third kappa shape index (κ3) is 2.23. The van der Waals surface area contributed by atoms with Gasteiger partial charge in [0.15, 0.2) is 0 Å². The van der Waals surface area contributed by atoms with Crippen molar-refractivity contribution in [3.05, 3.63) is 24.4 Å². The Balaban J connectivity index is 2.57. The molecule has 1 aliphatic heterocycles. The summed E-state index contributed by atoms with van der Waals surface area (Å²) in [5.41, 5.74) is 0. The van der Waals surface area contributed by atoms with Crippen molar-refractivity contribution in [2.45, 2.75) is 6.92 Å². The molecule has 0 aromatic heterocycles. The maximum atomic E-state index is 11.1. The molecule has 4 nitrogen and oxygen atoms in total. The summed E-state index contributed by atoms with van der Waals surface area (Å²) in [7, 11) is 0. The summed E-state index contributed by atoms with van der Waals surface area (Å²) in [6.07, 6.45) is 7.82. The van der Waals surface area contributed by atoms with Gasteiger partial charge in [-0.3, -0.25) is 0 Å². The van der Waals surface area contributed by atoms with Crippen molar-refractivity contribution in [1.82, 2.24) is 5.01 Å². The maximum absolute atomic E-state index is 11.1. The van der Waals surface area contributed by atoms with Crippen molar-refractivity contribution in [3.8, 4) is 0 Å². The highest BCUT2D eigenvalue weighted by atomic mass is 16.6. The van der Waals surface area contributed by atoms with E-state index in [1.807, 2.05) is 0 Å². The molecular weight excluding hydrogens is 156 g/mol. The second kappa shape index (κ2) is 4.33. The quantitative estimate of drug-likeness (QED) is 0.592. The number of hydrazone groups is 1. The molecule has 0 aliphatic carbocycles. The summed E-state index contributed by atoms with van der Waals surface area (Å²) in [6, 6.07) is 0. The molecule has 4 heteroatoms. The van der Waals surface area contributed by atoms with Crippen LogP contribution >= 0.6 is 0 Å². The molecule has 0 N–H and O–H groups in total. The normalized spacial score (nSPS) is 14.6. The van der Waals surface area contributed by atoms with Crippen molar-refractivity contribution in [2.24, 2.45) is 5.10 Å². The third-order valence-corrected chi connectivity index (χ3v) is 1.18. The summed E-state index contributed by atoms with van der Waals surface area (Å²) < 4.78 is 4.73. The fourth-order valence-corrected chi connectivity index (χ4v) is 0.691. The predicted molar refractivity (Wildman–Crippen MR) is 45.6 cm³/mol. The topological polar surface area (TPSA) is 41.9 Å². The highest BCUT2D eigenvalue weighted by Crippen LogP contribution is 1.98. The molecule has 1 rings (SSSR count). The van der Waals surface area contributed by atoms with E-state index in [9.17, 15) is 4.79 Å². The number of carbonyl (C=O) groups is 1. The summed E-state index contributed by atoms with van der Waals surface area (Å²) >= 11 is 0. The summed E-state index contributed by atoms with van der Waals surface area (Å²) in [4.78, 5) is 11.1. The van der Waals surface area contributed by atoms with Gasteiger partial charge in [-0.25, -0.2) is 4.79 Å². The fraction of sp³-hybridized carbons (Fsp3) is 0.250. The molecule has 0 atom stereocenters. The lowest BCUT2D eigenvalue weighted by molar-refractivity contribution is 0.123. The summed E-state index contributed by atoms with van der Waals surface area (Å²) in [6.45, 7) is 2.10. The standard InChI is InChI=1S/C8H10N2O2/c1-2-12-8(11)10-7-5-3-4-6-9-10/h3-7H,2H2,1H3. The van der Waals surface area contributed by atoms with Crippen molar-refractivity contribution in [1.29, 1.82) is 0 Å². The number of ether oxygens (including phenoxy) is 1. The van der Waals surface area contributed by atoms with Gasteiger partial charge in [0, 0.05) is 12.4 Å². The molecule has 0 spiro atoms. The van der Waals surface area contributed by atoms with Crippen LogP contribution in [0.1, 0.15) is 6.92 Å². The Bertz CT molecular complexity index is 227. The monoisotopic (exact) mass is 166 g/mol. The maximum Gasteiger partial charge on any atom is 0.434 e. The molecule has 64 valence electrons. The molecular formula is C8H10N2O2. The number of hydrogen-bond donors (Lipinski definition) is 0. The largest absolute Gasteiger partial charge is 0.448 e. The number of allylic oxidation sites excluding steroid dienone is 3. The van der Waals surface area contributed by atoms with Crippen LogP contribution in [0, 0.1) is 0 Å². The molecule has 0 aromatic carbocycles. The van der Waals surface area contributed by atoms with Crippen molar-refractivity contribution < 1.29 is 9.53 Å². The minimum Gasteiger partial charge on any atom is -0.448 e. The first-order valence-electron chi connectivity index (χ1n) is 3.68.